The average Bonchev–Trinajstić information content (AvgIpc) is 2.82. The first-order valence-electron chi connectivity index (χ1n) is 5.84. The molecule has 5 nitrogen and oxygen atoms in total. The van der Waals surface area contributed by atoms with Crippen LogP contribution in [0.3, 0.4) is 0 Å². The highest BCUT2D eigenvalue weighted by atomic mass is 16.4. The topological polar surface area (TPSA) is 82.2 Å². The first kappa shape index (κ1) is 11.7. The number of carboxylic acids is 1. The predicted octanol–water partition coefficient (Wildman–Crippen LogP) is 1.39. The van der Waals surface area contributed by atoms with Gasteiger partial charge < -0.3 is 15.4 Å². The first-order valence-corrected chi connectivity index (χ1v) is 5.84. The van der Waals surface area contributed by atoms with Crippen molar-refractivity contribution in [2.45, 2.75) is 31.7 Å². The van der Waals surface area contributed by atoms with Crippen molar-refractivity contribution >= 4 is 11.9 Å². The van der Waals surface area contributed by atoms with E-state index < -0.39 is 5.97 Å². The van der Waals surface area contributed by atoms with Crippen LogP contribution in [0.2, 0.25) is 0 Å². The summed E-state index contributed by atoms with van der Waals surface area (Å²) in [7, 11) is 0. The number of aliphatic carboxylic acids is 1. The van der Waals surface area contributed by atoms with Gasteiger partial charge >= 0.3 is 5.97 Å². The molecule has 1 fully saturated rings. The lowest BCUT2D eigenvalue weighted by Crippen LogP contribution is -2.40. The number of aromatic amines is 1. The van der Waals surface area contributed by atoms with Crippen molar-refractivity contribution < 1.29 is 14.7 Å². The second kappa shape index (κ2) is 5.03. The smallest absolute Gasteiger partial charge is 0.306 e. The molecule has 17 heavy (non-hydrogen) atoms. The Morgan fingerprint density at radius 3 is 2.88 bits per heavy atom. The summed E-state index contributed by atoms with van der Waals surface area (Å²) >= 11 is 0. The molecule has 1 heterocycles. The Morgan fingerprint density at radius 2 is 2.24 bits per heavy atom. The van der Waals surface area contributed by atoms with Crippen LogP contribution in [0.1, 0.15) is 36.2 Å². The molecule has 0 radical (unpaired) electrons. The number of amides is 1. The zero-order valence-electron chi connectivity index (χ0n) is 9.48. The van der Waals surface area contributed by atoms with E-state index in [0.717, 1.165) is 12.8 Å². The molecule has 1 aromatic rings. The lowest BCUT2D eigenvalue weighted by atomic mass is 9.86. The highest BCUT2D eigenvalue weighted by Gasteiger charge is 2.27. The quantitative estimate of drug-likeness (QED) is 0.741. The summed E-state index contributed by atoms with van der Waals surface area (Å²) in [6.45, 7) is 0. The molecule has 0 saturated heterocycles. The molecule has 5 heteroatoms. The molecule has 0 spiro atoms. The molecule has 1 saturated carbocycles. The number of nitrogens with one attached hydrogen (secondary N) is 2. The maximum atomic E-state index is 11.8. The van der Waals surface area contributed by atoms with Crippen molar-refractivity contribution in [2.75, 3.05) is 0 Å². The third-order valence-corrected chi connectivity index (χ3v) is 3.20. The molecule has 92 valence electrons. The van der Waals surface area contributed by atoms with Crippen LogP contribution in [0.5, 0.6) is 0 Å². The largest absolute Gasteiger partial charge is 0.481 e. The van der Waals surface area contributed by atoms with E-state index in [1.165, 1.54) is 0 Å². The SMILES string of the molecule is O=C(NC1CCCC(C(=O)O)C1)c1ccc[nH]1. The molecule has 0 bridgehead atoms. The van der Waals surface area contributed by atoms with E-state index in [1.54, 1.807) is 18.3 Å². The van der Waals surface area contributed by atoms with Gasteiger partial charge in [-0.15, -0.1) is 0 Å². The van der Waals surface area contributed by atoms with Gasteiger partial charge in [0.2, 0.25) is 0 Å². The summed E-state index contributed by atoms with van der Waals surface area (Å²) in [6, 6.07) is 3.43. The zero-order valence-corrected chi connectivity index (χ0v) is 9.48. The van der Waals surface area contributed by atoms with Gasteiger partial charge in [-0.05, 0) is 31.4 Å². The van der Waals surface area contributed by atoms with Crippen LogP contribution >= 0.6 is 0 Å². The van der Waals surface area contributed by atoms with Crippen molar-refractivity contribution in [1.29, 1.82) is 0 Å². The van der Waals surface area contributed by atoms with Crippen LogP contribution in [0.15, 0.2) is 18.3 Å². The third kappa shape index (κ3) is 2.87. The number of rotatable bonds is 3. The van der Waals surface area contributed by atoms with E-state index in [4.69, 9.17) is 5.11 Å². The van der Waals surface area contributed by atoms with E-state index in [2.05, 4.69) is 10.3 Å². The van der Waals surface area contributed by atoms with Gasteiger partial charge in [-0.3, -0.25) is 9.59 Å². The summed E-state index contributed by atoms with van der Waals surface area (Å²) in [5, 5.41) is 11.8. The summed E-state index contributed by atoms with van der Waals surface area (Å²) in [6.07, 6.45) is 4.64. The normalized spacial score (nSPS) is 24.2. The maximum Gasteiger partial charge on any atom is 0.306 e. The fraction of sp³-hybridized carbons (Fsp3) is 0.500. The number of hydrogen-bond donors (Lipinski definition) is 3. The van der Waals surface area contributed by atoms with Crippen molar-refractivity contribution in [3.8, 4) is 0 Å². The van der Waals surface area contributed by atoms with Gasteiger partial charge in [0, 0.05) is 12.2 Å². The molecule has 3 N–H and O–H groups in total. The molecule has 2 atom stereocenters. The predicted molar refractivity (Wildman–Crippen MR) is 61.6 cm³/mol. The Labute approximate surface area is 99.2 Å². The fourth-order valence-corrected chi connectivity index (χ4v) is 2.28. The first-order chi connectivity index (χ1) is 8.16. The van der Waals surface area contributed by atoms with Crippen molar-refractivity contribution in [2.24, 2.45) is 5.92 Å². The van der Waals surface area contributed by atoms with Crippen molar-refractivity contribution in [1.82, 2.24) is 10.3 Å². The molecule has 1 aliphatic carbocycles. The Morgan fingerprint density at radius 1 is 1.41 bits per heavy atom. The highest BCUT2D eigenvalue weighted by molar-refractivity contribution is 5.92. The van der Waals surface area contributed by atoms with Crippen LogP contribution in [0.4, 0.5) is 0 Å². The van der Waals surface area contributed by atoms with Crippen LogP contribution in [-0.2, 0) is 4.79 Å². The second-order valence-corrected chi connectivity index (χ2v) is 4.46. The minimum absolute atomic E-state index is 0.0272. The number of carboxylic acid groups (broad SMARTS) is 1. The molecule has 0 aliphatic heterocycles. The number of hydrogen-bond acceptors (Lipinski definition) is 2. The Bertz CT molecular complexity index is 400. The molecule has 2 unspecified atom stereocenters. The monoisotopic (exact) mass is 236 g/mol. The summed E-state index contributed by atoms with van der Waals surface area (Å²) in [5.74, 6) is -1.24. The average molecular weight is 236 g/mol. The number of aromatic nitrogens is 1. The van der Waals surface area contributed by atoms with Crippen LogP contribution in [0, 0.1) is 5.92 Å². The third-order valence-electron chi connectivity index (χ3n) is 3.20. The van der Waals surface area contributed by atoms with E-state index in [-0.39, 0.29) is 17.9 Å². The van der Waals surface area contributed by atoms with Gasteiger partial charge in [0.05, 0.1) is 5.92 Å². The Kier molecular flexibility index (Phi) is 3.46. The Balaban J connectivity index is 1.91. The van der Waals surface area contributed by atoms with Gasteiger partial charge in [-0.2, -0.15) is 0 Å². The van der Waals surface area contributed by atoms with Gasteiger partial charge in [-0.25, -0.2) is 0 Å². The minimum Gasteiger partial charge on any atom is -0.481 e. The Hall–Kier alpha value is -1.78. The van der Waals surface area contributed by atoms with Gasteiger partial charge in [0.25, 0.3) is 5.91 Å². The standard InChI is InChI=1S/C12H16N2O3/c15-11(10-5-2-6-13-10)14-9-4-1-3-8(7-9)12(16)17/h2,5-6,8-9,13H,1,3-4,7H2,(H,14,15)(H,16,17). The fourth-order valence-electron chi connectivity index (χ4n) is 2.28. The van der Waals surface area contributed by atoms with Gasteiger partial charge in [0.1, 0.15) is 5.69 Å². The van der Waals surface area contributed by atoms with Crippen molar-refractivity contribution in [3.63, 3.8) is 0 Å². The number of H-pyrrole nitrogens is 1. The molecule has 1 amide bonds. The molecular formula is C12H16N2O3. The molecule has 0 aromatic carbocycles. The minimum atomic E-state index is -0.760. The summed E-state index contributed by atoms with van der Waals surface area (Å²) in [4.78, 5) is 25.5. The van der Waals surface area contributed by atoms with E-state index in [1.807, 2.05) is 0 Å². The summed E-state index contributed by atoms with van der Waals surface area (Å²) < 4.78 is 0. The number of carbonyl (C=O) groups is 2. The number of carbonyl (C=O) groups excluding carboxylic acids is 1. The van der Waals surface area contributed by atoms with Crippen LogP contribution < -0.4 is 5.32 Å². The summed E-state index contributed by atoms with van der Waals surface area (Å²) in [5.41, 5.74) is 0.516. The van der Waals surface area contributed by atoms with E-state index in [0.29, 0.717) is 18.5 Å². The molecule has 1 aliphatic rings. The molecule has 2 rings (SSSR count). The lowest BCUT2D eigenvalue weighted by molar-refractivity contribution is -0.143. The molecular weight excluding hydrogens is 220 g/mol. The van der Waals surface area contributed by atoms with Gasteiger partial charge in [-0.1, -0.05) is 6.42 Å². The van der Waals surface area contributed by atoms with Crippen LogP contribution in [0.25, 0.3) is 0 Å². The lowest BCUT2D eigenvalue weighted by Gasteiger charge is -2.27. The van der Waals surface area contributed by atoms with Crippen LogP contribution in [-0.4, -0.2) is 28.0 Å². The highest BCUT2D eigenvalue weighted by Crippen LogP contribution is 2.24. The van der Waals surface area contributed by atoms with E-state index >= 15 is 0 Å². The van der Waals surface area contributed by atoms with Gasteiger partial charge in [0.15, 0.2) is 0 Å². The second-order valence-electron chi connectivity index (χ2n) is 4.46. The zero-order chi connectivity index (χ0) is 12.3. The maximum absolute atomic E-state index is 11.8. The molecule has 1 aromatic heterocycles. The van der Waals surface area contributed by atoms with Crippen molar-refractivity contribution in [3.05, 3.63) is 24.0 Å². The van der Waals surface area contributed by atoms with E-state index in [9.17, 15) is 9.59 Å².